The van der Waals surface area contributed by atoms with Crippen LogP contribution in [-0.2, 0) is 4.74 Å². The van der Waals surface area contributed by atoms with Gasteiger partial charge in [0, 0.05) is 49.2 Å². The molecule has 0 N–H and O–H groups in total. The highest BCUT2D eigenvalue weighted by atomic mass is 35.5. The molecule has 0 amide bonds. The molecule has 1 aliphatic carbocycles. The van der Waals surface area contributed by atoms with Crippen molar-refractivity contribution >= 4 is 22.9 Å². The molecule has 3 heterocycles. The molecule has 2 aromatic heterocycles. The lowest BCUT2D eigenvalue weighted by Crippen LogP contribution is -2.24. The maximum atomic E-state index is 13.3. The molecule has 2 aromatic rings. The van der Waals surface area contributed by atoms with Crippen LogP contribution >= 0.6 is 11.6 Å². The molecule has 1 aliphatic heterocycles. The Hall–Kier alpha value is -1.46. The number of pyridine rings is 1. The number of ether oxygens (including phenoxy) is 1. The minimum absolute atomic E-state index is 0.0445. The lowest BCUT2D eigenvalue weighted by Gasteiger charge is -2.27. The largest absolute Gasteiger partial charge is 0.381 e. The van der Waals surface area contributed by atoms with E-state index in [1.54, 1.807) is 6.07 Å². The number of rotatable bonds is 5. The van der Waals surface area contributed by atoms with Crippen molar-refractivity contribution < 1.29 is 18.3 Å². The molecule has 4 rings (SSSR count). The fourth-order valence-corrected chi connectivity index (χ4v) is 4.66. The average Bonchev–Trinajstić information content (AvgIpc) is 3.28. The maximum absolute atomic E-state index is 13.3. The van der Waals surface area contributed by atoms with Crippen LogP contribution in [0.1, 0.15) is 66.9 Å². The van der Waals surface area contributed by atoms with E-state index >= 15 is 0 Å². The number of aromatic nitrogens is 1. The zero-order valence-electron chi connectivity index (χ0n) is 15.2. The molecule has 1 atom stereocenters. The predicted octanol–water partition coefficient (Wildman–Crippen LogP) is 5.89. The van der Waals surface area contributed by atoms with E-state index in [2.05, 4.69) is 0 Å². The summed E-state index contributed by atoms with van der Waals surface area (Å²) in [5.74, 6) is -2.01. The van der Waals surface area contributed by atoms with Crippen molar-refractivity contribution in [1.29, 1.82) is 0 Å². The van der Waals surface area contributed by atoms with Gasteiger partial charge in [0.15, 0.2) is 5.78 Å². The molecule has 1 unspecified atom stereocenters. The monoisotopic (exact) mass is 395 g/mol. The number of hydrogen-bond acceptors (Lipinski definition) is 2. The first-order valence-corrected chi connectivity index (χ1v) is 10.1. The number of hydrogen-bond donors (Lipinski definition) is 0. The topological polar surface area (TPSA) is 30.7 Å². The lowest BCUT2D eigenvalue weighted by atomic mass is 9.83. The summed E-state index contributed by atoms with van der Waals surface area (Å²) in [6.07, 6.45) is 4.81. The summed E-state index contributed by atoms with van der Waals surface area (Å²) in [5, 5.41) is 0.559. The third kappa shape index (κ3) is 3.90. The Morgan fingerprint density at radius 2 is 2.07 bits per heavy atom. The van der Waals surface area contributed by atoms with Crippen LogP contribution in [0.25, 0.3) is 5.52 Å². The van der Waals surface area contributed by atoms with Gasteiger partial charge in [0.25, 0.3) is 0 Å². The van der Waals surface area contributed by atoms with Gasteiger partial charge in [-0.2, -0.15) is 0 Å². The van der Waals surface area contributed by atoms with Crippen LogP contribution < -0.4 is 0 Å². The normalized spacial score (nSPS) is 23.1. The van der Waals surface area contributed by atoms with E-state index in [0.717, 1.165) is 24.2 Å². The molecule has 27 heavy (non-hydrogen) atoms. The first kappa shape index (κ1) is 18.9. The number of nitrogens with zero attached hydrogens (tertiary/aromatic N) is 1. The summed E-state index contributed by atoms with van der Waals surface area (Å²) in [5.41, 5.74) is 2.45. The van der Waals surface area contributed by atoms with Gasteiger partial charge in [-0.05, 0) is 49.8 Å². The Bertz CT molecular complexity index is 832. The Labute approximate surface area is 162 Å². The highest BCUT2D eigenvalue weighted by molar-refractivity contribution is 6.35. The second-order valence-corrected chi connectivity index (χ2v) is 8.29. The summed E-state index contributed by atoms with van der Waals surface area (Å²) in [7, 11) is 0. The number of Topliss-reactive ketones (excluding diaryl/α,β-unsaturated/α-hetero) is 1. The van der Waals surface area contributed by atoms with Crippen molar-refractivity contribution in [3.8, 4) is 0 Å². The summed E-state index contributed by atoms with van der Waals surface area (Å²) in [6, 6.07) is 5.63. The van der Waals surface area contributed by atoms with Crippen molar-refractivity contribution in [3.05, 3.63) is 40.7 Å². The van der Waals surface area contributed by atoms with E-state index < -0.39 is 5.92 Å². The van der Waals surface area contributed by atoms with Gasteiger partial charge in [0.2, 0.25) is 5.92 Å². The Balaban J connectivity index is 1.53. The van der Waals surface area contributed by atoms with Crippen LogP contribution in [0.3, 0.4) is 0 Å². The Kier molecular flexibility index (Phi) is 5.26. The second kappa shape index (κ2) is 7.51. The van der Waals surface area contributed by atoms with Gasteiger partial charge in [0.05, 0.1) is 17.1 Å². The maximum Gasteiger partial charge on any atom is 0.248 e. The summed E-state index contributed by atoms with van der Waals surface area (Å²) >= 11 is 6.42. The third-order valence-corrected chi connectivity index (χ3v) is 6.34. The van der Waals surface area contributed by atoms with Gasteiger partial charge in [-0.3, -0.25) is 4.79 Å². The van der Waals surface area contributed by atoms with Crippen LogP contribution in [0.4, 0.5) is 8.78 Å². The third-order valence-electron chi connectivity index (χ3n) is 6.04. The minimum atomic E-state index is -2.52. The van der Waals surface area contributed by atoms with Gasteiger partial charge in [-0.15, -0.1) is 0 Å². The van der Waals surface area contributed by atoms with Crippen molar-refractivity contribution in [1.82, 2.24) is 4.40 Å². The van der Waals surface area contributed by atoms with Gasteiger partial charge < -0.3 is 9.14 Å². The minimum Gasteiger partial charge on any atom is -0.381 e. The van der Waals surface area contributed by atoms with Crippen molar-refractivity contribution in [2.24, 2.45) is 5.92 Å². The zero-order chi connectivity index (χ0) is 19.0. The van der Waals surface area contributed by atoms with E-state index in [1.165, 1.54) is 0 Å². The van der Waals surface area contributed by atoms with Gasteiger partial charge in [0.1, 0.15) is 0 Å². The first-order chi connectivity index (χ1) is 12.9. The second-order valence-electron chi connectivity index (χ2n) is 7.88. The highest BCUT2D eigenvalue weighted by Gasteiger charge is 2.35. The van der Waals surface area contributed by atoms with E-state index in [9.17, 15) is 13.6 Å². The summed E-state index contributed by atoms with van der Waals surface area (Å²) in [6.45, 7) is 1.39. The molecule has 146 valence electrons. The molecule has 3 nitrogen and oxygen atoms in total. The van der Waals surface area contributed by atoms with Gasteiger partial charge in [-0.25, -0.2) is 8.78 Å². The molecular formula is C21H24ClF2NO2. The Morgan fingerprint density at radius 3 is 2.78 bits per heavy atom. The van der Waals surface area contributed by atoms with E-state index in [1.807, 2.05) is 22.7 Å². The molecule has 1 saturated heterocycles. The quantitative estimate of drug-likeness (QED) is 0.591. The molecule has 0 aromatic carbocycles. The van der Waals surface area contributed by atoms with E-state index in [0.29, 0.717) is 42.9 Å². The van der Waals surface area contributed by atoms with Crippen LogP contribution in [0.15, 0.2) is 24.4 Å². The summed E-state index contributed by atoms with van der Waals surface area (Å²) in [4.78, 5) is 13.0. The zero-order valence-corrected chi connectivity index (χ0v) is 16.0. The number of ketones is 1. The molecule has 0 bridgehead atoms. The standard InChI is InChI=1S/C21H24ClF2NO2/c22-17-2-1-10-25-18(15-7-11-27-13-15)12-16(20(17)25)19(26)4-3-14-5-8-21(23,24)9-6-14/h1-2,10,12,14-15H,3-9,11,13H2. The fourth-order valence-electron chi connectivity index (χ4n) is 4.39. The van der Waals surface area contributed by atoms with Gasteiger partial charge in [-0.1, -0.05) is 11.6 Å². The van der Waals surface area contributed by atoms with Crippen LogP contribution in [-0.4, -0.2) is 29.3 Å². The number of fused-ring (bicyclic) bond motifs is 1. The molecule has 0 radical (unpaired) electrons. The van der Waals surface area contributed by atoms with E-state index in [-0.39, 0.29) is 30.5 Å². The molecule has 2 fully saturated rings. The van der Waals surface area contributed by atoms with Gasteiger partial charge >= 0.3 is 0 Å². The number of carbonyl (C=O) groups is 1. The van der Waals surface area contributed by atoms with Crippen molar-refractivity contribution in [3.63, 3.8) is 0 Å². The van der Waals surface area contributed by atoms with Crippen LogP contribution in [0.2, 0.25) is 5.02 Å². The molecular weight excluding hydrogens is 372 g/mol. The predicted molar refractivity (Wildman–Crippen MR) is 101 cm³/mol. The van der Waals surface area contributed by atoms with Crippen molar-refractivity contribution in [2.75, 3.05) is 13.2 Å². The number of alkyl halides is 2. The van der Waals surface area contributed by atoms with E-state index in [4.69, 9.17) is 16.3 Å². The number of halogens is 3. The van der Waals surface area contributed by atoms with Crippen molar-refractivity contribution in [2.45, 2.75) is 56.8 Å². The summed E-state index contributed by atoms with van der Waals surface area (Å²) < 4.78 is 34.2. The molecule has 1 saturated carbocycles. The highest BCUT2D eigenvalue weighted by Crippen LogP contribution is 2.38. The lowest BCUT2D eigenvalue weighted by molar-refractivity contribution is -0.0464. The molecule has 2 aliphatic rings. The van der Waals surface area contributed by atoms with Crippen LogP contribution in [0.5, 0.6) is 0 Å². The Morgan fingerprint density at radius 1 is 1.30 bits per heavy atom. The fraction of sp³-hybridized carbons (Fsp3) is 0.571. The first-order valence-electron chi connectivity index (χ1n) is 9.73. The smallest absolute Gasteiger partial charge is 0.248 e. The average molecular weight is 396 g/mol. The molecule has 0 spiro atoms. The number of carbonyl (C=O) groups excluding carboxylic acids is 1. The van der Waals surface area contributed by atoms with Crippen LogP contribution in [0, 0.1) is 5.92 Å². The SMILES string of the molecule is O=C(CCC1CCC(F)(F)CC1)c1cc(C2CCOC2)n2cccc(Cl)c12. The molecule has 6 heteroatoms.